The van der Waals surface area contributed by atoms with E-state index in [4.69, 9.17) is 17.3 Å². The van der Waals surface area contributed by atoms with Crippen LogP contribution in [0.3, 0.4) is 0 Å². The van der Waals surface area contributed by atoms with E-state index in [1.807, 2.05) is 6.92 Å². The summed E-state index contributed by atoms with van der Waals surface area (Å²) < 4.78 is 0. The second-order valence-corrected chi connectivity index (χ2v) is 4.64. The number of aromatic nitrogens is 1. The van der Waals surface area contributed by atoms with Gasteiger partial charge >= 0.3 is 0 Å². The van der Waals surface area contributed by atoms with Crippen molar-refractivity contribution in [3.63, 3.8) is 0 Å². The number of hydrogen-bond donors (Lipinski definition) is 2. The van der Waals surface area contributed by atoms with Crippen LogP contribution < -0.4 is 11.1 Å². The van der Waals surface area contributed by atoms with Crippen LogP contribution in [0, 0.1) is 5.92 Å². The van der Waals surface area contributed by atoms with Crippen LogP contribution in [-0.2, 0) is 0 Å². The summed E-state index contributed by atoms with van der Waals surface area (Å²) in [4.78, 5) is 15.7. The maximum atomic E-state index is 11.9. The highest BCUT2D eigenvalue weighted by molar-refractivity contribution is 6.29. The van der Waals surface area contributed by atoms with E-state index in [0.717, 1.165) is 6.42 Å². The first-order chi connectivity index (χ1) is 7.93. The highest BCUT2D eigenvalue weighted by Crippen LogP contribution is 2.13. The molecule has 0 saturated heterocycles. The topological polar surface area (TPSA) is 68.0 Å². The monoisotopic (exact) mass is 255 g/mol. The van der Waals surface area contributed by atoms with Crippen LogP contribution in [0.15, 0.2) is 12.1 Å². The zero-order chi connectivity index (χ0) is 13.0. The summed E-state index contributed by atoms with van der Waals surface area (Å²) >= 11 is 5.75. The number of halogens is 1. The van der Waals surface area contributed by atoms with Crippen molar-refractivity contribution in [1.29, 1.82) is 0 Å². The molecule has 94 valence electrons. The second kappa shape index (κ2) is 5.87. The minimum Gasteiger partial charge on any atom is -0.384 e. The van der Waals surface area contributed by atoms with Crippen molar-refractivity contribution in [1.82, 2.24) is 10.3 Å². The maximum Gasteiger partial charge on any atom is 0.251 e. The average Bonchev–Trinajstić information content (AvgIpc) is 2.26. The summed E-state index contributed by atoms with van der Waals surface area (Å²) in [6, 6.07) is 3.14. The molecule has 0 bridgehead atoms. The van der Waals surface area contributed by atoms with Gasteiger partial charge in [0.05, 0.1) is 0 Å². The summed E-state index contributed by atoms with van der Waals surface area (Å²) in [5.41, 5.74) is 5.98. The lowest BCUT2D eigenvalue weighted by molar-refractivity contribution is 0.0928. The van der Waals surface area contributed by atoms with Gasteiger partial charge in [0, 0.05) is 11.6 Å². The third-order valence-electron chi connectivity index (χ3n) is 2.93. The van der Waals surface area contributed by atoms with Gasteiger partial charge in [-0.3, -0.25) is 4.79 Å². The van der Waals surface area contributed by atoms with Crippen molar-refractivity contribution in [2.75, 3.05) is 5.73 Å². The lowest BCUT2D eigenvalue weighted by Crippen LogP contribution is -2.36. The maximum absolute atomic E-state index is 11.9. The molecule has 1 aromatic rings. The lowest BCUT2D eigenvalue weighted by Gasteiger charge is -2.19. The molecule has 0 radical (unpaired) electrons. The van der Waals surface area contributed by atoms with Gasteiger partial charge in [0.15, 0.2) is 0 Å². The molecule has 1 amide bonds. The quantitative estimate of drug-likeness (QED) is 0.813. The van der Waals surface area contributed by atoms with E-state index >= 15 is 0 Å². The van der Waals surface area contributed by atoms with E-state index in [1.165, 1.54) is 12.1 Å². The lowest BCUT2D eigenvalue weighted by atomic mass is 10.0. The van der Waals surface area contributed by atoms with Crippen LogP contribution >= 0.6 is 11.6 Å². The molecular formula is C12H18ClN3O. The smallest absolute Gasteiger partial charge is 0.251 e. The molecule has 0 aliphatic heterocycles. The van der Waals surface area contributed by atoms with E-state index in [9.17, 15) is 4.79 Å². The molecule has 4 nitrogen and oxygen atoms in total. The van der Waals surface area contributed by atoms with Gasteiger partial charge in [-0.25, -0.2) is 4.98 Å². The standard InChI is InChI=1S/C12H18ClN3O/c1-4-7(2)8(3)15-12(17)9-5-10(13)16-11(14)6-9/h5-8H,4H2,1-3H3,(H2,14,16)(H,15,17). The Morgan fingerprint density at radius 2 is 2.18 bits per heavy atom. The van der Waals surface area contributed by atoms with Crippen LogP contribution in [0.5, 0.6) is 0 Å². The fourth-order valence-corrected chi connectivity index (χ4v) is 1.65. The number of anilines is 1. The summed E-state index contributed by atoms with van der Waals surface area (Å²) in [6.45, 7) is 6.17. The number of pyridine rings is 1. The number of nitrogens with zero attached hydrogens (tertiary/aromatic N) is 1. The highest BCUT2D eigenvalue weighted by atomic mass is 35.5. The number of carbonyl (C=O) groups excluding carboxylic acids is 1. The van der Waals surface area contributed by atoms with E-state index in [-0.39, 0.29) is 22.9 Å². The Bertz CT molecular complexity index is 388. The minimum atomic E-state index is -0.172. The highest BCUT2D eigenvalue weighted by Gasteiger charge is 2.15. The molecule has 2 atom stereocenters. The zero-order valence-corrected chi connectivity index (χ0v) is 11.1. The fourth-order valence-electron chi connectivity index (χ4n) is 1.43. The number of hydrogen-bond acceptors (Lipinski definition) is 3. The van der Waals surface area contributed by atoms with Crippen molar-refractivity contribution in [2.24, 2.45) is 5.92 Å². The summed E-state index contributed by atoms with van der Waals surface area (Å²) in [5.74, 6) is 0.501. The number of nitrogens with two attached hydrogens (primary N) is 1. The molecule has 0 saturated carbocycles. The predicted molar refractivity (Wildman–Crippen MR) is 70.0 cm³/mol. The van der Waals surface area contributed by atoms with Gasteiger partial charge in [0.25, 0.3) is 5.91 Å². The van der Waals surface area contributed by atoms with Gasteiger partial charge in [-0.05, 0) is 25.0 Å². The molecule has 0 aliphatic carbocycles. The molecule has 1 rings (SSSR count). The van der Waals surface area contributed by atoms with E-state index in [0.29, 0.717) is 11.5 Å². The Morgan fingerprint density at radius 3 is 2.71 bits per heavy atom. The van der Waals surface area contributed by atoms with Gasteiger partial charge in [-0.15, -0.1) is 0 Å². The SMILES string of the molecule is CCC(C)C(C)NC(=O)c1cc(N)nc(Cl)c1. The molecule has 5 heteroatoms. The molecule has 17 heavy (non-hydrogen) atoms. The molecule has 0 aliphatic rings. The van der Waals surface area contributed by atoms with Crippen molar-refractivity contribution >= 4 is 23.3 Å². The number of amides is 1. The van der Waals surface area contributed by atoms with Gasteiger partial charge in [-0.2, -0.15) is 0 Å². The Balaban J connectivity index is 2.76. The second-order valence-electron chi connectivity index (χ2n) is 4.25. The molecular weight excluding hydrogens is 238 g/mol. The van der Waals surface area contributed by atoms with Gasteiger partial charge in [-0.1, -0.05) is 31.9 Å². The van der Waals surface area contributed by atoms with E-state index < -0.39 is 0 Å². The largest absolute Gasteiger partial charge is 0.384 e. The zero-order valence-electron chi connectivity index (χ0n) is 10.3. The summed E-state index contributed by atoms with van der Waals surface area (Å²) in [5, 5.41) is 3.15. The van der Waals surface area contributed by atoms with Crippen LogP contribution in [-0.4, -0.2) is 16.9 Å². The normalized spacial score (nSPS) is 14.1. The average molecular weight is 256 g/mol. The Hall–Kier alpha value is -1.29. The summed E-state index contributed by atoms with van der Waals surface area (Å²) in [6.07, 6.45) is 1.01. The predicted octanol–water partition coefficient (Wildman–Crippen LogP) is 2.48. The van der Waals surface area contributed by atoms with E-state index in [2.05, 4.69) is 24.1 Å². The van der Waals surface area contributed by atoms with Gasteiger partial charge < -0.3 is 11.1 Å². The molecule has 1 heterocycles. The third kappa shape index (κ3) is 3.89. The van der Waals surface area contributed by atoms with Crippen LogP contribution in [0.4, 0.5) is 5.82 Å². The first-order valence-electron chi connectivity index (χ1n) is 5.68. The van der Waals surface area contributed by atoms with Crippen LogP contribution in [0.25, 0.3) is 0 Å². The van der Waals surface area contributed by atoms with Crippen molar-refractivity contribution in [3.8, 4) is 0 Å². The Morgan fingerprint density at radius 1 is 1.53 bits per heavy atom. The molecule has 3 N–H and O–H groups in total. The van der Waals surface area contributed by atoms with Gasteiger partial charge in [0.1, 0.15) is 11.0 Å². The fraction of sp³-hybridized carbons (Fsp3) is 0.500. The minimum absolute atomic E-state index is 0.112. The third-order valence-corrected chi connectivity index (χ3v) is 3.13. The molecule has 0 spiro atoms. The summed E-state index contributed by atoms with van der Waals surface area (Å²) in [7, 11) is 0. The first-order valence-corrected chi connectivity index (χ1v) is 6.05. The number of nitrogen functional groups attached to an aromatic ring is 1. The molecule has 2 unspecified atom stereocenters. The Labute approximate surface area is 107 Å². The van der Waals surface area contributed by atoms with Crippen molar-refractivity contribution in [2.45, 2.75) is 33.2 Å². The Kier molecular flexibility index (Phi) is 4.75. The first kappa shape index (κ1) is 13.8. The van der Waals surface area contributed by atoms with Crippen molar-refractivity contribution in [3.05, 3.63) is 22.8 Å². The van der Waals surface area contributed by atoms with E-state index in [1.54, 1.807) is 0 Å². The van der Waals surface area contributed by atoms with Gasteiger partial charge in [0.2, 0.25) is 0 Å². The molecule has 0 fully saturated rings. The van der Waals surface area contributed by atoms with Crippen molar-refractivity contribution < 1.29 is 4.79 Å². The molecule has 0 aromatic carbocycles. The van der Waals surface area contributed by atoms with Crippen LogP contribution in [0.2, 0.25) is 5.15 Å². The number of carbonyl (C=O) groups is 1. The van der Waals surface area contributed by atoms with Crippen LogP contribution in [0.1, 0.15) is 37.6 Å². The number of nitrogens with one attached hydrogen (secondary N) is 1. The number of rotatable bonds is 4. The molecule has 1 aromatic heterocycles.